The highest BCUT2D eigenvalue weighted by atomic mass is 79.9. The van der Waals surface area contributed by atoms with Crippen LogP contribution in [-0.4, -0.2) is 12.4 Å². The van der Waals surface area contributed by atoms with Crippen molar-refractivity contribution in [2.75, 3.05) is 6.61 Å². The number of hydrogen-bond donors (Lipinski definition) is 0. The second kappa shape index (κ2) is 5.15. The van der Waals surface area contributed by atoms with E-state index in [0.717, 1.165) is 15.8 Å². The Morgan fingerprint density at radius 3 is 2.81 bits per heavy atom. The highest BCUT2D eigenvalue weighted by molar-refractivity contribution is 9.10. The van der Waals surface area contributed by atoms with Crippen molar-refractivity contribution < 1.29 is 9.53 Å². The minimum absolute atomic E-state index is 0.0767. The predicted octanol–water partition coefficient (Wildman–Crippen LogP) is 5.00. The molecule has 0 radical (unpaired) electrons. The van der Waals surface area contributed by atoms with Crippen molar-refractivity contribution in [1.82, 2.24) is 0 Å². The summed E-state index contributed by atoms with van der Waals surface area (Å²) in [5.41, 5.74) is 2.13. The summed E-state index contributed by atoms with van der Waals surface area (Å²) in [4.78, 5) is 12.7. The summed E-state index contributed by atoms with van der Waals surface area (Å²) in [5.74, 6) is 0.781. The molecule has 0 aliphatic carbocycles. The van der Waals surface area contributed by atoms with E-state index in [1.54, 1.807) is 12.1 Å². The Kier molecular flexibility index (Phi) is 3.58. The van der Waals surface area contributed by atoms with Crippen LogP contribution in [0.25, 0.3) is 0 Å². The van der Waals surface area contributed by atoms with Gasteiger partial charge in [0.2, 0.25) is 0 Å². The van der Waals surface area contributed by atoms with Crippen LogP contribution in [0.2, 0.25) is 5.02 Å². The number of carbonyl (C=O) groups is 1. The molecule has 0 fully saturated rings. The molecule has 108 valence electrons. The van der Waals surface area contributed by atoms with Gasteiger partial charge in [0.1, 0.15) is 5.75 Å². The van der Waals surface area contributed by atoms with Gasteiger partial charge < -0.3 is 4.74 Å². The van der Waals surface area contributed by atoms with Gasteiger partial charge in [0.15, 0.2) is 5.78 Å². The van der Waals surface area contributed by atoms with Crippen LogP contribution in [0.15, 0.2) is 40.9 Å². The number of hydrogen-bond acceptors (Lipinski definition) is 2. The van der Waals surface area contributed by atoms with Gasteiger partial charge in [0.05, 0.1) is 11.6 Å². The number of halogens is 2. The molecule has 0 saturated carbocycles. The van der Waals surface area contributed by atoms with Crippen LogP contribution in [0, 0.1) is 0 Å². The van der Waals surface area contributed by atoms with Crippen LogP contribution in [0.3, 0.4) is 0 Å². The normalized spacial score (nSPS) is 15.4. The Morgan fingerprint density at radius 2 is 2.05 bits per heavy atom. The summed E-state index contributed by atoms with van der Waals surface area (Å²) in [5, 5.41) is 0.443. The fourth-order valence-corrected chi connectivity index (χ4v) is 3.07. The van der Waals surface area contributed by atoms with Crippen LogP contribution in [-0.2, 0) is 5.41 Å². The maximum Gasteiger partial charge on any atom is 0.194 e. The molecule has 3 rings (SSSR count). The molecule has 1 aliphatic heterocycles. The zero-order chi connectivity index (χ0) is 15.2. The lowest BCUT2D eigenvalue weighted by molar-refractivity contribution is 0.103. The van der Waals surface area contributed by atoms with E-state index in [4.69, 9.17) is 16.3 Å². The zero-order valence-corrected chi connectivity index (χ0v) is 14.1. The second-order valence-corrected chi connectivity index (χ2v) is 7.05. The average Bonchev–Trinajstić information content (AvgIpc) is 2.76. The molecule has 4 heteroatoms. The minimum atomic E-state index is -0.0770. The van der Waals surface area contributed by atoms with Gasteiger partial charge in [-0.05, 0) is 46.3 Å². The van der Waals surface area contributed by atoms with Crippen molar-refractivity contribution in [3.8, 4) is 5.75 Å². The first kappa shape index (κ1) is 14.6. The maximum atomic E-state index is 12.7. The van der Waals surface area contributed by atoms with E-state index in [9.17, 15) is 4.79 Å². The number of carbonyl (C=O) groups excluding carboxylic acids is 1. The molecule has 0 unspecified atom stereocenters. The third kappa shape index (κ3) is 2.49. The molecule has 0 atom stereocenters. The second-order valence-electron chi connectivity index (χ2n) is 5.81. The van der Waals surface area contributed by atoms with Crippen molar-refractivity contribution in [2.24, 2.45) is 0 Å². The van der Waals surface area contributed by atoms with Gasteiger partial charge in [0, 0.05) is 26.6 Å². The van der Waals surface area contributed by atoms with Crippen molar-refractivity contribution in [2.45, 2.75) is 19.3 Å². The zero-order valence-electron chi connectivity index (χ0n) is 11.7. The standard InChI is InChI=1S/C17H14BrClO2/c1-17(2)9-21-14-7-6-10(8-12(14)17)16(20)11-4-3-5-13(18)15(11)19/h3-8H,9H2,1-2H3. The van der Waals surface area contributed by atoms with Crippen molar-refractivity contribution >= 4 is 33.3 Å². The maximum absolute atomic E-state index is 12.7. The Morgan fingerprint density at radius 1 is 1.29 bits per heavy atom. The van der Waals surface area contributed by atoms with Crippen LogP contribution in [0.1, 0.15) is 35.3 Å². The number of benzene rings is 2. The van der Waals surface area contributed by atoms with Crippen LogP contribution < -0.4 is 4.74 Å². The summed E-state index contributed by atoms with van der Waals surface area (Å²) in [7, 11) is 0. The Balaban J connectivity index is 2.06. The summed E-state index contributed by atoms with van der Waals surface area (Å²) in [6, 6.07) is 10.9. The first-order valence-corrected chi connectivity index (χ1v) is 7.83. The topological polar surface area (TPSA) is 26.3 Å². The fourth-order valence-electron chi connectivity index (χ4n) is 2.50. The van der Waals surface area contributed by atoms with E-state index < -0.39 is 0 Å². The van der Waals surface area contributed by atoms with Gasteiger partial charge in [-0.15, -0.1) is 0 Å². The molecule has 0 bridgehead atoms. The molecule has 0 aromatic heterocycles. The molecule has 0 spiro atoms. The lowest BCUT2D eigenvalue weighted by atomic mass is 9.85. The first-order valence-electron chi connectivity index (χ1n) is 6.66. The van der Waals surface area contributed by atoms with E-state index in [1.165, 1.54) is 0 Å². The molecule has 2 nitrogen and oxygen atoms in total. The molecule has 1 heterocycles. The van der Waals surface area contributed by atoms with E-state index in [2.05, 4.69) is 29.8 Å². The summed E-state index contributed by atoms with van der Waals surface area (Å²) in [6.07, 6.45) is 0. The van der Waals surface area contributed by atoms with Crippen LogP contribution in [0.4, 0.5) is 0 Å². The van der Waals surface area contributed by atoms with Crippen LogP contribution >= 0.6 is 27.5 Å². The number of ether oxygens (including phenoxy) is 1. The summed E-state index contributed by atoms with van der Waals surface area (Å²) < 4.78 is 6.37. The summed E-state index contributed by atoms with van der Waals surface area (Å²) >= 11 is 9.57. The molecule has 21 heavy (non-hydrogen) atoms. The smallest absolute Gasteiger partial charge is 0.194 e. The molecule has 2 aromatic carbocycles. The molecule has 2 aromatic rings. The van der Waals surface area contributed by atoms with E-state index in [0.29, 0.717) is 22.8 Å². The third-order valence-corrected chi connectivity index (χ3v) is 5.05. The molecular formula is C17H14BrClO2. The minimum Gasteiger partial charge on any atom is -0.492 e. The van der Waals surface area contributed by atoms with Crippen molar-refractivity contribution in [3.05, 3.63) is 62.6 Å². The molecule has 0 N–H and O–H groups in total. The van der Waals surface area contributed by atoms with Crippen LogP contribution in [0.5, 0.6) is 5.75 Å². The first-order chi connectivity index (χ1) is 9.90. The largest absolute Gasteiger partial charge is 0.492 e. The van der Waals surface area contributed by atoms with E-state index in [1.807, 2.05) is 24.3 Å². The quantitative estimate of drug-likeness (QED) is 0.700. The molecule has 0 amide bonds. The van der Waals surface area contributed by atoms with Crippen molar-refractivity contribution in [3.63, 3.8) is 0 Å². The van der Waals surface area contributed by atoms with Gasteiger partial charge in [-0.1, -0.05) is 31.5 Å². The monoisotopic (exact) mass is 364 g/mol. The van der Waals surface area contributed by atoms with Crippen molar-refractivity contribution in [1.29, 1.82) is 0 Å². The Bertz CT molecular complexity index is 738. The molecule has 0 saturated heterocycles. The third-order valence-electron chi connectivity index (χ3n) is 3.76. The van der Waals surface area contributed by atoms with Gasteiger partial charge in [-0.3, -0.25) is 4.79 Å². The van der Waals surface area contributed by atoms with Gasteiger partial charge in [0.25, 0.3) is 0 Å². The highest BCUT2D eigenvalue weighted by Gasteiger charge is 2.32. The molecular weight excluding hydrogens is 352 g/mol. The van der Waals surface area contributed by atoms with Gasteiger partial charge >= 0.3 is 0 Å². The lowest BCUT2D eigenvalue weighted by Gasteiger charge is -2.15. The number of fused-ring (bicyclic) bond motifs is 1. The lowest BCUT2D eigenvalue weighted by Crippen LogP contribution is -2.18. The van der Waals surface area contributed by atoms with E-state index in [-0.39, 0.29) is 11.2 Å². The SMILES string of the molecule is CC1(C)COc2ccc(C(=O)c3cccc(Br)c3Cl)cc21. The highest BCUT2D eigenvalue weighted by Crippen LogP contribution is 2.39. The fraction of sp³-hybridized carbons (Fsp3) is 0.235. The van der Waals surface area contributed by atoms with Gasteiger partial charge in [-0.2, -0.15) is 0 Å². The Hall–Kier alpha value is -1.32. The number of rotatable bonds is 2. The summed E-state index contributed by atoms with van der Waals surface area (Å²) in [6.45, 7) is 4.86. The van der Waals surface area contributed by atoms with E-state index >= 15 is 0 Å². The molecule has 1 aliphatic rings. The predicted molar refractivity (Wildman–Crippen MR) is 87.5 cm³/mol. The average molecular weight is 366 g/mol. The number of ketones is 1. The Labute approximate surface area is 137 Å². The van der Waals surface area contributed by atoms with Gasteiger partial charge in [-0.25, -0.2) is 0 Å².